The van der Waals surface area contributed by atoms with Gasteiger partial charge in [-0.1, -0.05) is 5.16 Å². The Labute approximate surface area is 101 Å². The molecular formula is C11H21N3O3. The van der Waals surface area contributed by atoms with E-state index < -0.39 is 5.41 Å². The van der Waals surface area contributed by atoms with Gasteiger partial charge in [-0.15, -0.1) is 0 Å². The molecule has 0 aliphatic carbocycles. The summed E-state index contributed by atoms with van der Waals surface area (Å²) in [6, 6.07) is 0. The Balaban J connectivity index is 2.75. The van der Waals surface area contributed by atoms with Gasteiger partial charge in [0.25, 0.3) is 0 Å². The minimum absolute atomic E-state index is 0.0676. The smallest absolute Gasteiger partial charge is 0.236 e. The number of oxime groups is 1. The summed E-state index contributed by atoms with van der Waals surface area (Å²) in [5.74, 6) is -0.198. The molecule has 1 aliphatic heterocycles. The van der Waals surface area contributed by atoms with Gasteiger partial charge in [0.05, 0.1) is 6.10 Å². The zero-order valence-electron chi connectivity index (χ0n) is 10.6. The molecule has 1 atom stereocenters. The quantitative estimate of drug-likeness (QED) is 0.325. The van der Waals surface area contributed by atoms with Crippen LogP contribution in [-0.4, -0.2) is 48.2 Å². The first-order valence-electron chi connectivity index (χ1n) is 5.73. The number of hydrogen-bond acceptors (Lipinski definition) is 4. The van der Waals surface area contributed by atoms with Crippen LogP contribution in [0.4, 0.5) is 0 Å². The largest absolute Gasteiger partial charge is 0.409 e. The number of ether oxygens (including phenoxy) is 1. The third kappa shape index (κ3) is 2.88. The lowest BCUT2D eigenvalue weighted by Crippen LogP contribution is -2.52. The van der Waals surface area contributed by atoms with E-state index in [9.17, 15) is 4.79 Å². The summed E-state index contributed by atoms with van der Waals surface area (Å²) in [4.78, 5) is 14.0. The van der Waals surface area contributed by atoms with Crippen LogP contribution in [0.2, 0.25) is 0 Å². The van der Waals surface area contributed by atoms with Gasteiger partial charge in [-0.2, -0.15) is 0 Å². The first-order valence-corrected chi connectivity index (χ1v) is 5.73. The molecule has 6 nitrogen and oxygen atoms in total. The van der Waals surface area contributed by atoms with Gasteiger partial charge >= 0.3 is 0 Å². The molecule has 1 rings (SSSR count). The molecule has 0 bridgehead atoms. The number of carbonyl (C=O) groups excluding carboxylic acids is 1. The first kappa shape index (κ1) is 13.8. The molecule has 0 spiro atoms. The standard InChI is InChI=1S/C11H21N3O3/c1-11(2,9(12)13-16)10(15)14-6-4-5-8(7-14)17-3/h8,16H,4-7H2,1-3H3,(H2,12,13). The Morgan fingerprint density at radius 2 is 2.24 bits per heavy atom. The highest BCUT2D eigenvalue weighted by Crippen LogP contribution is 2.22. The third-order valence-electron chi connectivity index (χ3n) is 3.28. The molecule has 1 aliphatic rings. The molecule has 17 heavy (non-hydrogen) atoms. The van der Waals surface area contributed by atoms with Crippen molar-refractivity contribution in [2.24, 2.45) is 16.3 Å². The van der Waals surface area contributed by atoms with Crippen molar-refractivity contribution in [1.82, 2.24) is 4.90 Å². The van der Waals surface area contributed by atoms with E-state index in [4.69, 9.17) is 15.7 Å². The minimum Gasteiger partial charge on any atom is -0.409 e. The predicted octanol–water partition coefficient (Wildman–Crippen LogP) is 0.396. The van der Waals surface area contributed by atoms with Crippen LogP contribution >= 0.6 is 0 Å². The first-order chi connectivity index (χ1) is 7.93. The highest BCUT2D eigenvalue weighted by atomic mass is 16.5. The molecule has 6 heteroatoms. The van der Waals surface area contributed by atoms with Crippen molar-refractivity contribution in [1.29, 1.82) is 0 Å². The van der Waals surface area contributed by atoms with E-state index in [1.807, 2.05) is 0 Å². The van der Waals surface area contributed by atoms with Crippen LogP contribution in [0.5, 0.6) is 0 Å². The van der Waals surface area contributed by atoms with Crippen molar-refractivity contribution >= 4 is 11.7 Å². The lowest BCUT2D eigenvalue weighted by atomic mass is 9.89. The van der Waals surface area contributed by atoms with E-state index in [1.54, 1.807) is 25.9 Å². The Bertz CT molecular complexity index is 315. The van der Waals surface area contributed by atoms with E-state index >= 15 is 0 Å². The van der Waals surface area contributed by atoms with E-state index in [0.29, 0.717) is 13.1 Å². The number of hydrogen-bond donors (Lipinski definition) is 2. The summed E-state index contributed by atoms with van der Waals surface area (Å²) in [6.45, 7) is 4.57. The Morgan fingerprint density at radius 3 is 2.76 bits per heavy atom. The molecule has 1 unspecified atom stereocenters. The Morgan fingerprint density at radius 1 is 1.59 bits per heavy atom. The number of methoxy groups -OCH3 is 1. The average Bonchev–Trinajstić information content (AvgIpc) is 2.36. The molecule has 1 amide bonds. The SMILES string of the molecule is COC1CCCN(C(=O)C(C)(C)C(N)=NO)C1. The minimum atomic E-state index is -0.982. The van der Waals surface area contributed by atoms with Gasteiger partial charge in [0.2, 0.25) is 5.91 Å². The lowest BCUT2D eigenvalue weighted by molar-refractivity contribution is -0.140. The van der Waals surface area contributed by atoms with Crippen molar-refractivity contribution in [3.8, 4) is 0 Å². The summed E-state index contributed by atoms with van der Waals surface area (Å²) in [6.07, 6.45) is 1.96. The van der Waals surface area contributed by atoms with Crippen LogP contribution in [0.3, 0.4) is 0 Å². The molecule has 3 N–H and O–H groups in total. The fourth-order valence-electron chi connectivity index (χ4n) is 1.94. The van der Waals surface area contributed by atoms with Crippen LogP contribution in [0, 0.1) is 5.41 Å². The zero-order valence-corrected chi connectivity index (χ0v) is 10.6. The maximum atomic E-state index is 12.3. The molecule has 0 aromatic heterocycles. The maximum Gasteiger partial charge on any atom is 0.236 e. The van der Waals surface area contributed by atoms with E-state index in [1.165, 1.54) is 0 Å². The van der Waals surface area contributed by atoms with Gasteiger partial charge in [-0.3, -0.25) is 4.79 Å². The topological polar surface area (TPSA) is 88.2 Å². The monoisotopic (exact) mass is 243 g/mol. The number of piperidine rings is 1. The highest BCUT2D eigenvalue weighted by molar-refractivity contribution is 6.05. The number of carbonyl (C=O) groups is 1. The van der Waals surface area contributed by atoms with Crippen LogP contribution in [0.25, 0.3) is 0 Å². The number of rotatable bonds is 3. The molecule has 1 saturated heterocycles. The number of nitrogens with zero attached hydrogens (tertiary/aromatic N) is 2. The van der Waals surface area contributed by atoms with Crippen LogP contribution in [0.1, 0.15) is 26.7 Å². The summed E-state index contributed by atoms with van der Waals surface area (Å²) >= 11 is 0. The molecule has 0 saturated carbocycles. The number of nitrogens with two attached hydrogens (primary N) is 1. The predicted molar refractivity (Wildman–Crippen MR) is 63.8 cm³/mol. The van der Waals surface area contributed by atoms with E-state index in [-0.39, 0.29) is 17.8 Å². The second-order valence-corrected chi connectivity index (χ2v) is 4.86. The molecule has 1 heterocycles. The average molecular weight is 243 g/mol. The van der Waals surface area contributed by atoms with Gasteiger partial charge in [0.15, 0.2) is 5.84 Å². The summed E-state index contributed by atoms with van der Waals surface area (Å²) in [5, 5.41) is 11.6. The molecule has 0 radical (unpaired) electrons. The normalized spacial score (nSPS) is 22.6. The van der Waals surface area contributed by atoms with Crippen molar-refractivity contribution < 1.29 is 14.7 Å². The lowest BCUT2D eigenvalue weighted by Gasteiger charge is -2.36. The highest BCUT2D eigenvalue weighted by Gasteiger charge is 2.38. The number of amidine groups is 1. The number of likely N-dealkylation sites (tertiary alicyclic amines) is 1. The van der Waals surface area contributed by atoms with Crippen LogP contribution in [-0.2, 0) is 9.53 Å². The number of amides is 1. The van der Waals surface area contributed by atoms with E-state index in [0.717, 1.165) is 12.8 Å². The van der Waals surface area contributed by atoms with Gasteiger partial charge < -0.3 is 20.6 Å². The van der Waals surface area contributed by atoms with E-state index in [2.05, 4.69) is 5.16 Å². The van der Waals surface area contributed by atoms with Crippen molar-refractivity contribution in [2.75, 3.05) is 20.2 Å². The molecule has 0 aromatic rings. The maximum absolute atomic E-state index is 12.3. The van der Waals surface area contributed by atoms with Gasteiger partial charge in [0.1, 0.15) is 5.41 Å². The fraction of sp³-hybridized carbons (Fsp3) is 0.818. The van der Waals surface area contributed by atoms with Crippen LogP contribution in [0.15, 0.2) is 5.16 Å². The van der Waals surface area contributed by atoms with Gasteiger partial charge in [0, 0.05) is 20.2 Å². The van der Waals surface area contributed by atoms with Gasteiger partial charge in [-0.05, 0) is 26.7 Å². The van der Waals surface area contributed by atoms with Crippen molar-refractivity contribution in [3.63, 3.8) is 0 Å². The van der Waals surface area contributed by atoms with Crippen molar-refractivity contribution in [2.45, 2.75) is 32.8 Å². The summed E-state index contributed by atoms with van der Waals surface area (Å²) < 4.78 is 5.27. The summed E-state index contributed by atoms with van der Waals surface area (Å²) in [5.41, 5.74) is 4.56. The summed E-state index contributed by atoms with van der Waals surface area (Å²) in [7, 11) is 1.65. The second kappa shape index (κ2) is 5.35. The molecular weight excluding hydrogens is 222 g/mol. The Hall–Kier alpha value is -1.30. The molecule has 0 aromatic carbocycles. The fourth-order valence-corrected chi connectivity index (χ4v) is 1.94. The van der Waals surface area contributed by atoms with Crippen molar-refractivity contribution in [3.05, 3.63) is 0 Å². The van der Waals surface area contributed by atoms with Crippen LogP contribution < -0.4 is 5.73 Å². The second-order valence-electron chi connectivity index (χ2n) is 4.86. The molecule has 98 valence electrons. The third-order valence-corrected chi connectivity index (χ3v) is 3.28. The zero-order chi connectivity index (χ0) is 13.1. The molecule has 1 fully saturated rings. The van der Waals surface area contributed by atoms with Gasteiger partial charge in [-0.25, -0.2) is 0 Å². The Kier molecular flexibility index (Phi) is 4.34.